The Hall–Kier alpha value is -1.00. The second kappa shape index (κ2) is 8.14. The van der Waals surface area contributed by atoms with Crippen LogP contribution in [0.25, 0.3) is 0 Å². The molecule has 0 bridgehead atoms. The normalized spacial score (nSPS) is 10.7. The van der Waals surface area contributed by atoms with Crippen molar-refractivity contribution in [3.05, 3.63) is 30.1 Å². The van der Waals surface area contributed by atoms with E-state index < -0.39 is 0 Å². The first-order valence-electron chi connectivity index (χ1n) is 6.04. The van der Waals surface area contributed by atoms with E-state index in [1.54, 1.807) is 0 Å². The quantitative estimate of drug-likeness (QED) is 0.567. The largest absolute Gasteiger partial charge is 0.393 e. The number of likely N-dealkylation sites (N-methyl/N-ethyl adjacent to an activating group) is 1. The van der Waals surface area contributed by atoms with Crippen LogP contribution in [0.2, 0.25) is 0 Å². The van der Waals surface area contributed by atoms with Crippen LogP contribution < -0.4 is 5.73 Å². The smallest absolute Gasteiger partial charge is 0.0727 e. The Balaban J connectivity index is 2.09. The van der Waals surface area contributed by atoms with Gasteiger partial charge in [-0.15, -0.1) is 0 Å². The molecule has 0 amide bonds. The molecule has 0 aromatic carbocycles. The van der Waals surface area contributed by atoms with Gasteiger partial charge in [-0.1, -0.05) is 12.2 Å². The van der Waals surface area contributed by atoms with E-state index in [4.69, 9.17) is 18.0 Å². The molecule has 2 N–H and O–H groups in total. The minimum absolute atomic E-state index is 0.629. The third kappa shape index (κ3) is 7.02. The number of nitrogens with two attached hydrogens (primary N) is 1. The highest BCUT2D eigenvalue weighted by atomic mass is 32.1. The first kappa shape index (κ1) is 14.1. The van der Waals surface area contributed by atoms with Gasteiger partial charge in [0.05, 0.1) is 4.99 Å². The second-order valence-corrected chi connectivity index (χ2v) is 4.86. The van der Waals surface area contributed by atoms with E-state index in [9.17, 15) is 0 Å². The number of aromatic nitrogens is 1. The van der Waals surface area contributed by atoms with Crippen molar-refractivity contribution >= 4 is 17.2 Å². The average molecular weight is 251 g/mol. The Morgan fingerprint density at radius 3 is 2.65 bits per heavy atom. The topological polar surface area (TPSA) is 42.1 Å². The highest BCUT2D eigenvalue weighted by Crippen LogP contribution is 2.01. The molecule has 0 radical (unpaired) electrons. The zero-order chi connectivity index (χ0) is 12.5. The summed E-state index contributed by atoms with van der Waals surface area (Å²) >= 11 is 4.85. The van der Waals surface area contributed by atoms with E-state index in [2.05, 4.69) is 29.1 Å². The van der Waals surface area contributed by atoms with Gasteiger partial charge in [0.1, 0.15) is 0 Å². The zero-order valence-corrected chi connectivity index (χ0v) is 11.2. The molecule has 0 saturated heterocycles. The van der Waals surface area contributed by atoms with Gasteiger partial charge in [-0.2, -0.15) is 0 Å². The van der Waals surface area contributed by atoms with E-state index >= 15 is 0 Å². The molecule has 0 atom stereocenters. The molecule has 0 aliphatic heterocycles. The van der Waals surface area contributed by atoms with Crippen LogP contribution in [0.1, 0.15) is 24.8 Å². The van der Waals surface area contributed by atoms with Gasteiger partial charge in [0.25, 0.3) is 0 Å². The molecule has 1 aromatic rings. The van der Waals surface area contributed by atoms with Crippen molar-refractivity contribution in [2.24, 2.45) is 5.73 Å². The number of unbranched alkanes of at least 4 members (excludes halogenated alkanes) is 1. The van der Waals surface area contributed by atoms with Gasteiger partial charge in [-0.3, -0.25) is 4.98 Å². The third-order valence-corrected chi connectivity index (χ3v) is 2.95. The molecule has 0 spiro atoms. The van der Waals surface area contributed by atoms with Crippen LogP contribution >= 0.6 is 12.2 Å². The fourth-order valence-electron chi connectivity index (χ4n) is 1.66. The van der Waals surface area contributed by atoms with Crippen molar-refractivity contribution in [3.63, 3.8) is 0 Å². The molecular formula is C13H21N3S. The highest BCUT2D eigenvalue weighted by molar-refractivity contribution is 7.80. The lowest BCUT2D eigenvalue weighted by molar-refractivity contribution is 0.331. The zero-order valence-electron chi connectivity index (χ0n) is 10.4. The maximum Gasteiger partial charge on any atom is 0.0727 e. The Labute approximate surface area is 109 Å². The molecule has 0 aliphatic carbocycles. The monoisotopic (exact) mass is 251 g/mol. The van der Waals surface area contributed by atoms with E-state index in [0.717, 1.165) is 38.8 Å². The van der Waals surface area contributed by atoms with Crippen molar-refractivity contribution in [1.82, 2.24) is 9.88 Å². The van der Waals surface area contributed by atoms with E-state index in [-0.39, 0.29) is 0 Å². The maximum atomic E-state index is 5.46. The summed E-state index contributed by atoms with van der Waals surface area (Å²) in [6, 6.07) is 4.14. The van der Waals surface area contributed by atoms with Gasteiger partial charge >= 0.3 is 0 Å². The lowest BCUT2D eigenvalue weighted by Crippen LogP contribution is -2.22. The molecule has 4 heteroatoms. The van der Waals surface area contributed by atoms with Crippen molar-refractivity contribution in [2.75, 3.05) is 20.1 Å². The van der Waals surface area contributed by atoms with E-state index in [0.29, 0.717) is 4.99 Å². The third-order valence-electron chi connectivity index (χ3n) is 2.74. The molecule has 3 nitrogen and oxygen atoms in total. The SMILES string of the molecule is CN(CCCCC(N)=S)CCc1ccncc1. The Kier molecular flexibility index (Phi) is 6.74. The molecule has 1 aromatic heterocycles. The number of rotatable bonds is 8. The molecule has 0 unspecified atom stereocenters. The number of hydrogen-bond acceptors (Lipinski definition) is 3. The summed E-state index contributed by atoms with van der Waals surface area (Å²) in [5, 5.41) is 0. The summed E-state index contributed by atoms with van der Waals surface area (Å²) in [7, 11) is 2.15. The lowest BCUT2D eigenvalue weighted by atomic mass is 10.2. The van der Waals surface area contributed by atoms with Crippen molar-refractivity contribution in [2.45, 2.75) is 25.7 Å². The van der Waals surface area contributed by atoms with E-state index in [1.165, 1.54) is 5.56 Å². The summed E-state index contributed by atoms with van der Waals surface area (Å²) in [6.07, 6.45) is 7.88. The van der Waals surface area contributed by atoms with Crippen LogP contribution in [0.4, 0.5) is 0 Å². The van der Waals surface area contributed by atoms with Gasteiger partial charge in [0, 0.05) is 18.9 Å². The highest BCUT2D eigenvalue weighted by Gasteiger charge is 1.99. The van der Waals surface area contributed by atoms with Gasteiger partial charge in [0.2, 0.25) is 0 Å². The minimum Gasteiger partial charge on any atom is -0.393 e. The van der Waals surface area contributed by atoms with E-state index in [1.807, 2.05) is 12.4 Å². The molecule has 1 heterocycles. The standard InChI is InChI=1S/C13H21N3S/c1-16(10-3-2-4-13(14)17)11-7-12-5-8-15-9-6-12/h5-6,8-9H,2-4,7,10-11H2,1H3,(H2,14,17). The molecular weight excluding hydrogens is 230 g/mol. The van der Waals surface area contributed by atoms with Crippen LogP contribution in [0.15, 0.2) is 24.5 Å². The first-order valence-corrected chi connectivity index (χ1v) is 6.45. The summed E-state index contributed by atoms with van der Waals surface area (Å²) in [6.45, 7) is 2.19. The summed E-state index contributed by atoms with van der Waals surface area (Å²) in [5.74, 6) is 0. The predicted molar refractivity (Wildman–Crippen MR) is 76.1 cm³/mol. The van der Waals surface area contributed by atoms with Crippen LogP contribution in [0.3, 0.4) is 0 Å². The van der Waals surface area contributed by atoms with Crippen molar-refractivity contribution < 1.29 is 0 Å². The maximum absolute atomic E-state index is 5.46. The Morgan fingerprint density at radius 2 is 2.00 bits per heavy atom. The summed E-state index contributed by atoms with van der Waals surface area (Å²) in [4.78, 5) is 6.99. The van der Waals surface area contributed by atoms with Crippen LogP contribution in [-0.2, 0) is 6.42 Å². The summed E-state index contributed by atoms with van der Waals surface area (Å²) < 4.78 is 0. The number of nitrogens with zero attached hydrogens (tertiary/aromatic N) is 2. The van der Waals surface area contributed by atoms with Crippen molar-refractivity contribution in [3.8, 4) is 0 Å². The van der Waals surface area contributed by atoms with Crippen LogP contribution in [0.5, 0.6) is 0 Å². The second-order valence-electron chi connectivity index (χ2n) is 4.33. The lowest BCUT2D eigenvalue weighted by Gasteiger charge is -2.16. The molecule has 0 saturated carbocycles. The fraction of sp³-hybridized carbons (Fsp3) is 0.538. The van der Waals surface area contributed by atoms with Gasteiger partial charge in [0.15, 0.2) is 0 Å². The Morgan fingerprint density at radius 1 is 1.29 bits per heavy atom. The molecule has 0 aliphatic rings. The Bertz CT molecular complexity index is 327. The minimum atomic E-state index is 0.629. The van der Waals surface area contributed by atoms with Gasteiger partial charge in [-0.05, 0) is 57.0 Å². The number of pyridine rings is 1. The predicted octanol–water partition coefficient (Wildman–Crippen LogP) is 2.01. The van der Waals surface area contributed by atoms with Crippen LogP contribution in [0, 0.1) is 0 Å². The van der Waals surface area contributed by atoms with Gasteiger partial charge < -0.3 is 10.6 Å². The summed E-state index contributed by atoms with van der Waals surface area (Å²) in [5.41, 5.74) is 6.80. The molecule has 0 fully saturated rings. The number of hydrogen-bond donors (Lipinski definition) is 1. The average Bonchev–Trinajstić information content (AvgIpc) is 2.33. The first-order chi connectivity index (χ1) is 8.18. The molecule has 94 valence electrons. The molecule has 1 rings (SSSR count). The fourth-order valence-corrected chi connectivity index (χ4v) is 1.81. The number of thiocarbonyl (C=S) groups is 1. The van der Waals surface area contributed by atoms with Crippen LogP contribution in [-0.4, -0.2) is 35.0 Å². The van der Waals surface area contributed by atoms with Gasteiger partial charge in [-0.25, -0.2) is 0 Å². The van der Waals surface area contributed by atoms with Crippen molar-refractivity contribution in [1.29, 1.82) is 0 Å². The molecule has 17 heavy (non-hydrogen) atoms.